The first-order valence-electron chi connectivity index (χ1n) is 9.16. The van der Waals surface area contributed by atoms with Gasteiger partial charge in [0.05, 0.1) is 4.90 Å². The maximum atomic E-state index is 12.7. The second-order valence-electron chi connectivity index (χ2n) is 6.73. The van der Waals surface area contributed by atoms with E-state index >= 15 is 0 Å². The molecule has 0 fully saturated rings. The molecule has 4 heteroatoms. The van der Waals surface area contributed by atoms with Gasteiger partial charge in [0.1, 0.15) is 0 Å². The van der Waals surface area contributed by atoms with Crippen molar-refractivity contribution in [1.82, 2.24) is 4.72 Å². The summed E-state index contributed by atoms with van der Waals surface area (Å²) in [4.78, 5) is 0.427. The zero-order chi connectivity index (χ0) is 17.0. The van der Waals surface area contributed by atoms with Gasteiger partial charge in [-0.15, -0.1) is 0 Å². The fourth-order valence-electron chi connectivity index (χ4n) is 3.64. The molecule has 0 amide bonds. The van der Waals surface area contributed by atoms with Gasteiger partial charge in [0, 0.05) is 11.9 Å². The molecule has 1 N–H and O–H groups in total. The van der Waals surface area contributed by atoms with Crippen LogP contribution >= 0.6 is 0 Å². The van der Waals surface area contributed by atoms with E-state index < -0.39 is 10.0 Å². The molecule has 0 aliphatic heterocycles. The summed E-state index contributed by atoms with van der Waals surface area (Å²) in [5.41, 5.74) is 2.55. The Labute approximate surface area is 145 Å². The van der Waals surface area contributed by atoms with E-state index in [-0.39, 0.29) is 0 Å². The summed E-state index contributed by atoms with van der Waals surface area (Å²) in [5, 5.41) is 2.03. The van der Waals surface area contributed by atoms with Crippen LogP contribution < -0.4 is 4.72 Å². The quantitative estimate of drug-likeness (QED) is 0.676. The summed E-state index contributed by atoms with van der Waals surface area (Å²) in [5.74, 6) is 0. The highest BCUT2D eigenvalue weighted by Gasteiger charge is 2.21. The fourth-order valence-corrected chi connectivity index (χ4v) is 4.92. The zero-order valence-corrected chi connectivity index (χ0v) is 15.3. The first-order valence-corrected chi connectivity index (χ1v) is 10.6. The molecule has 2 aromatic carbocycles. The lowest BCUT2D eigenvalue weighted by Gasteiger charge is -2.11. The maximum Gasteiger partial charge on any atom is 0.241 e. The van der Waals surface area contributed by atoms with Crippen molar-refractivity contribution in [3.8, 4) is 0 Å². The molecule has 0 unspecified atom stereocenters. The van der Waals surface area contributed by atoms with Gasteiger partial charge in [0.15, 0.2) is 0 Å². The summed E-state index contributed by atoms with van der Waals surface area (Å²) in [6, 6.07) is 9.78. The standard InChI is InChI=1S/C20H27NO2S/c1-2-3-4-5-6-7-15-21-24(22,23)19-14-13-17-12-11-16-9-8-10-18(19)20(16)17/h8-10,13-14,21H,2-7,11-12,15H2,1H3. The van der Waals surface area contributed by atoms with Crippen molar-refractivity contribution in [2.75, 3.05) is 6.54 Å². The lowest BCUT2D eigenvalue weighted by atomic mass is 10.1. The van der Waals surface area contributed by atoms with E-state index in [1.165, 1.54) is 36.8 Å². The smallest absolute Gasteiger partial charge is 0.211 e. The van der Waals surface area contributed by atoms with E-state index in [0.717, 1.165) is 36.5 Å². The lowest BCUT2D eigenvalue weighted by Crippen LogP contribution is -2.25. The zero-order valence-electron chi connectivity index (χ0n) is 14.5. The number of hydrogen-bond donors (Lipinski definition) is 1. The molecule has 0 spiro atoms. The molecule has 2 aromatic rings. The maximum absolute atomic E-state index is 12.7. The minimum Gasteiger partial charge on any atom is -0.211 e. The Bertz CT molecular complexity index is 801. The van der Waals surface area contributed by atoms with Crippen LogP contribution in [0.15, 0.2) is 35.2 Å². The average molecular weight is 346 g/mol. The Morgan fingerprint density at radius 1 is 0.917 bits per heavy atom. The second-order valence-corrected chi connectivity index (χ2v) is 8.46. The summed E-state index contributed by atoms with van der Waals surface area (Å²) in [6.45, 7) is 2.73. The molecule has 0 saturated heterocycles. The van der Waals surface area contributed by atoms with E-state index in [2.05, 4.69) is 17.7 Å². The third-order valence-corrected chi connectivity index (χ3v) is 6.47. The van der Waals surface area contributed by atoms with Crippen LogP contribution in [0.5, 0.6) is 0 Å². The van der Waals surface area contributed by atoms with Gasteiger partial charge in [-0.1, -0.05) is 63.3 Å². The average Bonchev–Trinajstić information content (AvgIpc) is 2.99. The van der Waals surface area contributed by atoms with Gasteiger partial charge >= 0.3 is 0 Å². The highest BCUT2D eigenvalue weighted by Crippen LogP contribution is 2.34. The number of hydrogen-bond acceptors (Lipinski definition) is 2. The Balaban J connectivity index is 1.69. The van der Waals surface area contributed by atoms with E-state index in [9.17, 15) is 8.42 Å². The molecule has 1 aliphatic carbocycles. The fraction of sp³-hybridized carbons (Fsp3) is 0.500. The predicted molar refractivity (Wildman–Crippen MR) is 99.9 cm³/mol. The highest BCUT2D eigenvalue weighted by molar-refractivity contribution is 7.89. The van der Waals surface area contributed by atoms with Gasteiger partial charge < -0.3 is 0 Å². The second kappa shape index (κ2) is 7.66. The van der Waals surface area contributed by atoms with Gasteiger partial charge in [0.25, 0.3) is 0 Å². The molecule has 24 heavy (non-hydrogen) atoms. The Morgan fingerprint density at radius 2 is 1.62 bits per heavy atom. The van der Waals surface area contributed by atoms with Crippen molar-refractivity contribution in [1.29, 1.82) is 0 Å². The van der Waals surface area contributed by atoms with Crippen LogP contribution in [-0.4, -0.2) is 15.0 Å². The number of benzene rings is 2. The van der Waals surface area contributed by atoms with E-state index in [1.807, 2.05) is 18.2 Å². The minimum absolute atomic E-state index is 0.427. The number of rotatable bonds is 9. The summed E-state index contributed by atoms with van der Waals surface area (Å²) >= 11 is 0. The van der Waals surface area contributed by atoms with Crippen LogP contribution in [0.25, 0.3) is 10.8 Å². The van der Waals surface area contributed by atoms with Crippen molar-refractivity contribution in [2.24, 2.45) is 0 Å². The molecular weight excluding hydrogens is 318 g/mol. The number of sulfonamides is 1. The summed E-state index contributed by atoms with van der Waals surface area (Å²) in [6.07, 6.45) is 8.97. The Hall–Kier alpha value is -1.39. The molecular formula is C20H27NO2S. The first kappa shape index (κ1) is 17.4. The van der Waals surface area contributed by atoms with Crippen LogP contribution in [0.1, 0.15) is 56.6 Å². The largest absolute Gasteiger partial charge is 0.241 e. The highest BCUT2D eigenvalue weighted by atomic mass is 32.2. The third-order valence-electron chi connectivity index (χ3n) is 4.95. The van der Waals surface area contributed by atoms with Crippen molar-refractivity contribution >= 4 is 20.8 Å². The molecule has 0 radical (unpaired) electrons. The molecule has 0 bridgehead atoms. The first-order chi connectivity index (χ1) is 11.6. The lowest BCUT2D eigenvalue weighted by molar-refractivity contribution is 0.568. The van der Waals surface area contributed by atoms with E-state index in [0.29, 0.717) is 11.4 Å². The van der Waals surface area contributed by atoms with Gasteiger partial charge in [-0.2, -0.15) is 0 Å². The molecule has 3 nitrogen and oxygen atoms in total. The van der Waals surface area contributed by atoms with Crippen LogP contribution in [0.2, 0.25) is 0 Å². The van der Waals surface area contributed by atoms with Gasteiger partial charge in [0.2, 0.25) is 10.0 Å². The molecule has 0 saturated carbocycles. The predicted octanol–water partition coefficient (Wildman–Crippen LogP) is 4.58. The number of aryl methyl sites for hydroxylation is 2. The van der Waals surface area contributed by atoms with Gasteiger partial charge in [-0.05, 0) is 41.8 Å². The molecule has 3 rings (SSSR count). The van der Waals surface area contributed by atoms with Crippen molar-refractivity contribution in [3.63, 3.8) is 0 Å². The van der Waals surface area contributed by atoms with E-state index in [4.69, 9.17) is 0 Å². The molecule has 1 aliphatic rings. The SMILES string of the molecule is CCCCCCCCNS(=O)(=O)c1ccc2c3c(cccc13)CC2. The topological polar surface area (TPSA) is 46.2 Å². The van der Waals surface area contributed by atoms with Gasteiger partial charge in [-0.25, -0.2) is 13.1 Å². The van der Waals surface area contributed by atoms with E-state index in [1.54, 1.807) is 6.07 Å². The molecule has 0 heterocycles. The Kier molecular flexibility index (Phi) is 5.57. The summed E-state index contributed by atoms with van der Waals surface area (Å²) < 4.78 is 28.2. The normalized spacial score (nSPS) is 13.7. The Morgan fingerprint density at radius 3 is 2.42 bits per heavy atom. The molecule has 0 aromatic heterocycles. The minimum atomic E-state index is -3.44. The summed E-state index contributed by atoms with van der Waals surface area (Å²) in [7, 11) is -3.44. The number of nitrogens with one attached hydrogen (secondary N) is 1. The van der Waals surface area contributed by atoms with Crippen LogP contribution in [0, 0.1) is 0 Å². The third kappa shape index (κ3) is 3.65. The monoisotopic (exact) mass is 345 g/mol. The van der Waals surface area contributed by atoms with Crippen molar-refractivity contribution in [3.05, 3.63) is 41.5 Å². The van der Waals surface area contributed by atoms with Gasteiger partial charge in [-0.3, -0.25) is 0 Å². The van der Waals surface area contributed by atoms with Crippen LogP contribution in [-0.2, 0) is 22.9 Å². The van der Waals surface area contributed by atoms with Crippen LogP contribution in [0.3, 0.4) is 0 Å². The van der Waals surface area contributed by atoms with Crippen LogP contribution in [0.4, 0.5) is 0 Å². The van der Waals surface area contributed by atoms with Crippen molar-refractivity contribution < 1.29 is 8.42 Å². The number of unbranched alkanes of at least 4 members (excludes halogenated alkanes) is 5. The molecule has 130 valence electrons. The van der Waals surface area contributed by atoms with Crippen molar-refractivity contribution in [2.45, 2.75) is 63.2 Å². The molecule has 0 atom stereocenters.